The molecule has 0 bridgehead atoms. The van der Waals surface area contributed by atoms with Crippen molar-refractivity contribution >= 4 is 0 Å². The van der Waals surface area contributed by atoms with Gasteiger partial charge in [0.05, 0.1) is 11.5 Å². The topological polar surface area (TPSA) is 33.0 Å². The molecule has 84 valence electrons. The van der Waals surface area contributed by atoms with E-state index >= 15 is 0 Å². The Bertz CT molecular complexity index is 404. The average Bonchev–Trinajstić information content (AvgIpc) is 3.08. The molecular weight excluding hydrogens is 212 g/mol. The average molecular weight is 223 g/mol. The zero-order chi connectivity index (χ0) is 11.6. The van der Waals surface area contributed by atoms with Gasteiger partial charge in [-0.25, -0.2) is 8.78 Å². The molecule has 1 aliphatic rings. The minimum absolute atomic E-state index is 0.332. The van der Waals surface area contributed by atoms with Crippen LogP contribution in [0.5, 0.6) is 5.75 Å². The Balaban J connectivity index is 2.03. The summed E-state index contributed by atoms with van der Waals surface area (Å²) < 4.78 is 28.6. The maximum absolute atomic E-state index is 11.9. The molecule has 1 aromatic rings. The van der Waals surface area contributed by atoms with Gasteiger partial charge in [-0.1, -0.05) is 12.1 Å². The van der Waals surface area contributed by atoms with E-state index in [1.807, 2.05) is 0 Å². The first-order valence-corrected chi connectivity index (χ1v) is 5.09. The fourth-order valence-electron chi connectivity index (χ4n) is 1.62. The summed E-state index contributed by atoms with van der Waals surface area (Å²) in [6, 6.07) is 9.10. The van der Waals surface area contributed by atoms with Crippen LogP contribution in [0.15, 0.2) is 24.3 Å². The van der Waals surface area contributed by atoms with Crippen molar-refractivity contribution in [2.45, 2.75) is 24.7 Å². The van der Waals surface area contributed by atoms with E-state index in [-0.39, 0.29) is 5.41 Å². The number of ether oxygens (including phenoxy) is 1. The number of benzene rings is 1. The highest BCUT2D eigenvalue weighted by Crippen LogP contribution is 2.47. The molecule has 0 atom stereocenters. The number of hydrogen-bond donors (Lipinski definition) is 0. The number of nitrogens with zero attached hydrogens (tertiary/aromatic N) is 1. The van der Waals surface area contributed by atoms with Crippen LogP contribution in [0, 0.1) is 11.3 Å². The lowest BCUT2D eigenvalue weighted by Gasteiger charge is -2.08. The summed E-state index contributed by atoms with van der Waals surface area (Å²) in [6.45, 7) is -0.595. The normalized spacial score (nSPS) is 16.9. The standard InChI is InChI=1S/C12H11F2NO/c13-11(14)7-16-10-3-1-9(2-4-10)12(8-15)5-6-12/h1-4,11H,5-7H2. The Hall–Kier alpha value is -1.63. The molecule has 0 aromatic heterocycles. The highest BCUT2D eigenvalue weighted by molar-refractivity contribution is 5.41. The first kappa shape index (κ1) is 10.9. The zero-order valence-corrected chi connectivity index (χ0v) is 8.62. The fourth-order valence-corrected chi connectivity index (χ4v) is 1.62. The van der Waals surface area contributed by atoms with E-state index in [4.69, 9.17) is 10.00 Å². The molecule has 1 fully saturated rings. The minimum atomic E-state index is -2.46. The molecule has 4 heteroatoms. The largest absolute Gasteiger partial charge is 0.488 e. The van der Waals surface area contributed by atoms with Gasteiger partial charge in [0.25, 0.3) is 6.43 Å². The molecule has 0 radical (unpaired) electrons. The van der Waals surface area contributed by atoms with Gasteiger partial charge in [0.1, 0.15) is 12.4 Å². The molecule has 0 amide bonds. The third kappa shape index (κ3) is 2.13. The smallest absolute Gasteiger partial charge is 0.272 e. The summed E-state index contributed by atoms with van der Waals surface area (Å²) in [7, 11) is 0. The Morgan fingerprint density at radius 2 is 1.94 bits per heavy atom. The van der Waals surface area contributed by atoms with E-state index in [1.54, 1.807) is 24.3 Å². The maximum atomic E-state index is 11.9. The molecule has 0 spiro atoms. The fraction of sp³-hybridized carbons (Fsp3) is 0.417. The van der Waals surface area contributed by atoms with Gasteiger partial charge in [0, 0.05) is 0 Å². The van der Waals surface area contributed by atoms with Gasteiger partial charge in [-0.2, -0.15) is 5.26 Å². The number of hydrogen-bond acceptors (Lipinski definition) is 2. The van der Waals surface area contributed by atoms with Gasteiger partial charge in [-0.3, -0.25) is 0 Å². The van der Waals surface area contributed by atoms with Gasteiger partial charge in [-0.15, -0.1) is 0 Å². The highest BCUT2D eigenvalue weighted by atomic mass is 19.3. The molecule has 1 aliphatic carbocycles. The molecule has 2 nitrogen and oxygen atoms in total. The molecule has 1 aromatic carbocycles. The van der Waals surface area contributed by atoms with Crippen LogP contribution in [0.4, 0.5) is 8.78 Å². The zero-order valence-electron chi connectivity index (χ0n) is 8.62. The molecule has 0 saturated heterocycles. The van der Waals surface area contributed by atoms with Crippen LogP contribution in [0.3, 0.4) is 0 Å². The molecule has 0 aliphatic heterocycles. The van der Waals surface area contributed by atoms with Crippen molar-refractivity contribution in [2.24, 2.45) is 0 Å². The lowest BCUT2D eigenvalue weighted by Crippen LogP contribution is -2.07. The maximum Gasteiger partial charge on any atom is 0.272 e. The second kappa shape index (κ2) is 4.09. The Morgan fingerprint density at radius 1 is 1.31 bits per heavy atom. The number of halogens is 2. The van der Waals surface area contributed by atoms with Crippen molar-refractivity contribution in [2.75, 3.05) is 6.61 Å². The quantitative estimate of drug-likeness (QED) is 0.786. The summed E-state index contributed by atoms with van der Waals surface area (Å²) in [5.41, 5.74) is 0.612. The third-order valence-corrected chi connectivity index (χ3v) is 2.75. The van der Waals surface area contributed by atoms with Gasteiger partial charge in [0.15, 0.2) is 0 Å². The third-order valence-electron chi connectivity index (χ3n) is 2.75. The molecule has 1 saturated carbocycles. The molecule has 0 heterocycles. The van der Waals surface area contributed by atoms with Crippen LogP contribution in [0.2, 0.25) is 0 Å². The van der Waals surface area contributed by atoms with Crippen molar-refractivity contribution in [3.8, 4) is 11.8 Å². The van der Waals surface area contributed by atoms with E-state index in [0.717, 1.165) is 18.4 Å². The monoisotopic (exact) mass is 223 g/mol. The van der Waals surface area contributed by atoms with E-state index in [2.05, 4.69) is 6.07 Å². The van der Waals surface area contributed by atoms with Gasteiger partial charge in [-0.05, 0) is 30.5 Å². The molecular formula is C12H11F2NO. The van der Waals surface area contributed by atoms with E-state index in [0.29, 0.717) is 5.75 Å². The van der Waals surface area contributed by atoms with Crippen LogP contribution in [-0.4, -0.2) is 13.0 Å². The van der Waals surface area contributed by atoms with Crippen molar-refractivity contribution in [1.82, 2.24) is 0 Å². The van der Waals surface area contributed by atoms with Crippen molar-refractivity contribution in [1.29, 1.82) is 5.26 Å². The van der Waals surface area contributed by atoms with Crippen LogP contribution < -0.4 is 4.74 Å². The summed E-state index contributed by atoms with van der Waals surface area (Å²) in [5.74, 6) is 0.415. The van der Waals surface area contributed by atoms with Crippen LogP contribution in [-0.2, 0) is 5.41 Å². The van der Waals surface area contributed by atoms with Crippen LogP contribution >= 0.6 is 0 Å². The predicted octanol–water partition coefficient (Wildman–Crippen LogP) is 2.89. The Kier molecular flexibility index (Phi) is 2.78. The number of alkyl halides is 2. The van der Waals surface area contributed by atoms with Gasteiger partial charge < -0.3 is 4.74 Å². The van der Waals surface area contributed by atoms with Crippen LogP contribution in [0.1, 0.15) is 18.4 Å². The summed E-state index contributed by atoms with van der Waals surface area (Å²) in [6.07, 6.45) is -0.713. The number of nitriles is 1. The molecule has 0 unspecified atom stereocenters. The molecule has 0 N–H and O–H groups in total. The molecule has 16 heavy (non-hydrogen) atoms. The molecule has 2 rings (SSSR count). The number of rotatable bonds is 4. The summed E-state index contributed by atoms with van der Waals surface area (Å²) in [4.78, 5) is 0. The lowest BCUT2D eigenvalue weighted by molar-refractivity contribution is 0.0819. The van der Waals surface area contributed by atoms with Crippen molar-refractivity contribution in [3.05, 3.63) is 29.8 Å². The first-order chi connectivity index (χ1) is 7.66. The SMILES string of the molecule is N#CC1(c2ccc(OCC(F)F)cc2)CC1. The van der Waals surface area contributed by atoms with Gasteiger partial charge >= 0.3 is 0 Å². The van der Waals surface area contributed by atoms with Crippen molar-refractivity contribution < 1.29 is 13.5 Å². The first-order valence-electron chi connectivity index (χ1n) is 5.09. The van der Waals surface area contributed by atoms with E-state index in [1.165, 1.54) is 0 Å². The second-order valence-electron chi connectivity index (χ2n) is 3.92. The lowest BCUT2D eigenvalue weighted by atomic mass is 9.98. The Morgan fingerprint density at radius 3 is 2.38 bits per heavy atom. The van der Waals surface area contributed by atoms with E-state index in [9.17, 15) is 8.78 Å². The van der Waals surface area contributed by atoms with Gasteiger partial charge in [0.2, 0.25) is 0 Å². The summed E-state index contributed by atoms with van der Waals surface area (Å²) >= 11 is 0. The second-order valence-corrected chi connectivity index (χ2v) is 3.92. The van der Waals surface area contributed by atoms with Crippen LogP contribution in [0.25, 0.3) is 0 Å². The minimum Gasteiger partial charge on any atom is -0.488 e. The summed E-state index contributed by atoms with van der Waals surface area (Å²) in [5, 5.41) is 8.97. The Labute approximate surface area is 92.5 Å². The highest BCUT2D eigenvalue weighted by Gasteiger charge is 2.44. The predicted molar refractivity (Wildman–Crippen MR) is 54.5 cm³/mol. The van der Waals surface area contributed by atoms with E-state index < -0.39 is 13.0 Å². The van der Waals surface area contributed by atoms with Crippen molar-refractivity contribution in [3.63, 3.8) is 0 Å².